The van der Waals surface area contributed by atoms with E-state index in [0.717, 1.165) is 21.9 Å². The summed E-state index contributed by atoms with van der Waals surface area (Å²) in [5.74, 6) is 1.37. The van der Waals surface area contributed by atoms with E-state index in [1.54, 1.807) is 7.11 Å². The first-order valence-electron chi connectivity index (χ1n) is 5.86. The number of nitrogens with one attached hydrogen (secondary N) is 1. The number of H-pyrrole nitrogens is 1. The van der Waals surface area contributed by atoms with Crippen molar-refractivity contribution in [1.82, 2.24) is 14.5 Å². The molecule has 1 fully saturated rings. The molecule has 90 valence electrons. The van der Waals surface area contributed by atoms with Crippen molar-refractivity contribution in [1.29, 1.82) is 0 Å². The van der Waals surface area contributed by atoms with E-state index in [1.165, 1.54) is 12.8 Å². The third kappa shape index (κ3) is 1.74. The maximum atomic E-state index is 5.38. The minimum atomic E-state index is 0.413. The molecule has 1 aliphatic rings. The lowest BCUT2D eigenvalue weighted by Gasteiger charge is -2.12. The van der Waals surface area contributed by atoms with E-state index >= 15 is 0 Å². The summed E-state index contributed by atoms with van der Waals surface area (Å²) in [5, 5.41) is 0. The molecular weight excluding hydrogens is 234 g/mol. The lowest BCUT2D eigenvalue weighted by Crippen LogP contribution is -2.08. The van der Waals surface area contributed by atoms with Gasteiger partial charge in [-0.1, -0.05) is 0 Å². The molecule has 3 rings (SSSR count). The second-order valence-electron chi connectivity index (χ2n) is 4.60. The molecule has 0 amide bonds. The molecule has 1 saturated carbocycles. The fraction of sp³-hybridized carbons (Fsp3) is 0.500. The maximum Gasteiger partial charge on any atom is 0.215 e. The number of rotatable bonds is 3. The summed E-state index contributed by atoms with van der Waals surface area (Å²) in [7, 11) is 1.63. The van der Waals surface area contributed by atoms with Gasteiger partial charge in [0, 0.05) is 12.1 Å². The molecule has 0 spiro atoms. The molecule has 2 heterocycles. The molecule has 1 N–H and O–H groups in total. The Bertz CT molecular complexity index is 612. The van der Waals surface area contributed by atoms with Crippen LogP contribution in [0.3, 0.4) is 0 Å². The molecule has 2 aromatic heterocycles. The molecule has 0 saturated heterocycles. The van der Waals surface area contributed by atoms with Gasteiger partial charge in [0.25, 0.3) is 0 Å². The molecule has 1 unspecified atom stereocenters. The third-order valence-electron chi connectivity index (χ3n) is 3.46. The molecule has 5 heteroatoms. The first kappa shape index (κ1) is 10.8. The van der Waals surface area contributed by atoms with Crippen LogP contribution in [0.5, 0.6) is 5.88 Å². The number of nitrogens with zero attached hydrogens (tertiary/aromatic N) is 2. The predicted octanol–water partition coefficient (Wildman–Crippen LogP) is 3.07. The number of aromatic amines is 1. The first-order valence-corrected chi connectivity index (χ1v) is 6.27. The summed E-state index contributed by atoms with van der Waals surface area (Å²) >= 11 is 5.38. The number of methoxy groups -OCH3 is 1. The lowest BCUT2D eigenvalue weighted by atomic mass is 10.2. The second-order valence-corrected chi connectivity index (χ2v) is 4.99. The number of hydrogen-bond acceptors (Lipinski definition) is 3. The standard InChI is InChI=1S/C12H15N3OS/c1-7(8-3-4-8)15-11-9(13-12(15)17)5-6-10(14-11)16-2/h5-8H,3-4H2,1-2H3,(H,13,17). The van der Waals surface area contributed by atoms with Crippen molar-refractivity contribution in [3.8, 4) is 5.88 Å². The van der Waals surface area contributed by atoms with Gasteiger partial charge in [-0.3, -0.25) is 4.57 Å². The van der Waals surface area contributed by atoms with E-state index in [-0.39, 0.29) is 0 Å². The van der Waals surface area contributed by atoms with Crippen molar-refractivity contribution < 1.29 is 4.74 Å². The van der Waals surface area contributed by atoms with Crippen molar-refractivity contribution in [3.63, 3.8) is 0 Å². The molecule has 0 aliphatic heterocycles. The Morgan fingerprint density at radius 3 is 2.94 bits per heavy atom. The van der Waals surface area contributed by atoms with Crippen LogP contribution in [-0.2, 0) is 0 Å². The van der Waals surface area contributed by atoms with Gasteiger partial charge in [0.15, 0.2) is 10.4 Å². The third-order valence-corrected chi connectivity index (χ3v) is 3.76. The summed E-state index contributed by atoms with van der Waals surface area (Å²) in [6.07, 6.45) is 2.58. The number of imidazole rings is 1. The summed E-state index contributed by atoms with van der Waals surface area (Å²) in [6, 6.07) is 4.23. The monoisotopic (exact) mass is 249 g/mol. The SMILES string of the molecule is COc1ccc2[nH]c(=S)n(C(C)C3CC3)c2n1. The smallest absolute Gasteiger partial charge is 0.215 e. The maximum absolute atomic E-state index is 5.38. The van der Waals surface area contributed by atoms with Crippen molar-refractivity contribution in [2.45, 2.75) is 25.8 Å². The van der Waals surface area contributed by atoms with Crippen LogP contribution in [0, 0.1) is 10.7 Å². The highest BCUT2D eigenvalue weighted by Crippen LogP contribution is 2.40. The Kier molecular flexibility index (Phi) is 2.43. The van der Waals surface area contributed by atoms with Crippen molar-refractivity contribution >= 4 is 23.4 Å². The van der Waals surface area contributed by atoms with E-state index in [9.17, 15) is 0 Å². The minimum Gasteiger partial charge on any atom is -0.481 e. The number of hydrogen-bond donors (Lipinski definition) is 1. The van der Waals surface area contributed by atoms with E-state index < -0.39 is 0 Å². The molecule has 1 aliphatic carbocycles. The van der Waals surface area contributed by atoms with Crippen LogP contribution in [0.15, 0.2) is 12.1 Å². The quantitative estimate of drug-likeness (QED) is 0.850. The highest BCUT2D eigenvalue weighted by Gasteiger charge is 2.30. The normalized spacial score (nSPS) is 17.3. The van der Waals surface area contributed by atoms with E-state index in [4.69, 9.17) is 17.0 Å². The predicted molar refractivity (Wildman–Crippen MR) is 68.9 cm³/mol. The van der Waals surface area contributed by atoms with E-state index in [0.29, 0.717) is 11.9 Å². The molecule has 0 radical (unpaired) electrons. The van der Waals surface area contributed by atoms with Crippen molar-refractivity contribution in [3.05, 3.63) is 16.9 Å². The molecule has 17 heavy (non-hydrogen) atoms. The van der Waals surface area contributed by atoms with Crippen molar-refractivity contribution in [2.24, 2.45) is 5.92 Å². The largest absolute Gasteiger partial charge is 0.481 e. The van der Waals surface area contributed by atoms with Gasteiger partial charge >= 0.3 is 0 Å². The topological polar surface area (TPSA) is 42.8 Å². The zero-order valence-electron chi connectivity index (χ0n) is 9.93. The van der Waals surface area contributed by atoms with Crippen LogP contribution in [0.2, 0.25) is 0 Å². The van der Waals surface area contributed by atoms with E-state index in [2.05, 4.69) is 21.5 Å². The van der Waals surface area contributed by atoms with Crippen LogP contribution in [0.4, 0.5) is 0 Å². The summed E-state index contributed by atoms with van der Waals surface area (Å²) in [5.41, 5.74) is 1.87. The van der Waals surface area contributed by atoms with Gasteiger partial charge in [-0.05, 0) is 44.0 Å². The van der Waals surface area contributed by atoms with Crippen LogP contribution in [-0.4, -0.2) is 21.6 Å². The highest BCUT2D eigenvalue weighted by molar-refractivity contribution is 7.71. The summed E-state index contributed by atoms with van der Waals surface area (Å²) < 4.78 is 8.04. The Balaban J connectivity index is 2.20. The minimum absolute atomic E-state index is 0.413. The lowest BCUT2D eigenvalue weighted by molar-refractivity contribution is 0.398. The van der Waals surface area contributed by atoms with Crippen LogP contribution in [0.1, 0.15) is 25.8 Å². The summed E-state index contributed by atoms with van der Waals surface area (Å²) in [6.45, 7) is 2.21. The fourth-order valence-electron chi connectivity index (χ4n) is 2.26. The second kappa shape index (κ2) is 3.84. The van der Waals surface area contributed by atoms with E-state index in [1.807, 2.05) is 12.1 Å². The van der Waals surface area contributed by atoms with Gasteiger partial charge < -0.3 is 9.72 Å². The molecule has 1 atom stereocenters. The Morgan fingerprint density at radius 1 is 1.53 bits per heavy atom. The molecule has 0 aromatic carbocycles. The van der Waals surface area contributed by atoms with Gasteiger partial charge in [-0.15, -0.1) is 0 Å². The average Bonchev–Trinajstić information content (AvgIpc) is 3.11. The van der Waals surface area contributed by atoms with Crippen LogP contribution < -0.4 is 4.74 Å². The van der Waals surface area contributed by atoms with Gasteiger partial charge in [-0.2, -0.15) is 4.98 Å². The highest BCUT2D eigenvalue weighted by atomic mass is 32.1. The van der Waals surface area contributed by atoms with Gasteiger partial charge in [0.05, 0.1) is 12.6 Å². The molecule has 0 bridgehead atoms. The van der Waals surface area contributed by atoms with Gasteiger partial charge in [-0.25, -0.2) is 0 Å². The number of ether oxygens (including phenoxy) is 1. The van der Waals surface area contributed by atoms with Gasteiger partial charge in [0.1, 0.15) is 0 Å². The molecule has 2 aromatic rings. The fourth-order valence-corrected chi connectivity index (χ4v) is 2.63. The van der Waals surface area contributed by atoms with Crippen LogP contribution in [0.25, 0.3) is 11.2 Å². The summed E-state index contributed by atoms with van der Waals surface area (Å²) in [4.78, 5) is 7.69. The number of fused-ring (bicyclic) bond motifs is 1. The Hall–Kier alpha value is -1.36. The zero-order chi connectivity index (χ0) is 12.0. The number of pyridine rings is 1. The molecular formula is C12H15N3OS. The van der Waals surface area contributed by atoms with Gasteiger partial charge in [0.2, 0.25) is 5.88 Å². The number of aromatic nitrogens is 3. The Morgan fingerprint density at radius 2 is 2.29 bits per heavy atom. The molecule has 4 nitrogen and oxygen atoms in total. The van der Waals surface area contributed by atoms with Crippen molar-refractivity contribution in [2.75, 3.05) is 7.11 Å². The average molecular weight is 249 g/mol. The van der Waals surface area contributed by atoms with Crippen LogP contribution >= 0.6 is 12.2 Å². The Labute approximate surface area is 105 Å². The first-order chi connectivity index (χ1) is 8.20. The zero-order valence-corrected chi connectivity index (χ0v) is 10.8.